The maximum atomic E-state index is 6.65. The molecule has 0 saturated carbocycles. The maximum absolute atomic E-state index is 6.65. The predicted octanol–water partition coefficient (Wildman–Crippen LogP) is 4.71. The highest BCUT2D eigenvalue weighted by Crippen LogP contribution is 2.23. The van der Waals surface area contributed by atoms with E-state index < -0.39 is 17.1 Å². The number of benzene rings is 2. The summed E-state index contributed by atoms with van der Waals surface area (Å²) in [5.41, 5.74) is -0.0871. The molecule has 0 aliphatic heterocycles. The van der Waals surface area contributed by atoms with Gasteiger partial charge in [-0.1, -0.05) is 84.9 Å². The minimum absolute atomic E-state index is 0.0871. The average molecular weight is 356 g/mol. The Bertz CT molecular complexity index is 607. The molecule has 0 fully saturated rings. The second kappa shape index (κ2) is 8.28. The molecule has 2 aromatic rings. The van der Waals surface area contributed by atoms with Gasteiger partial charge in [-0.3, -0.25) is 0 Å². The van der Waals surface area contributed by atoms with Gasteiger partial charge in [0.1, 0.15) is 0 Å². The van der Waals surface area contributed by atoms with Gasteiger partial charge in [0.25, 0.3) is 0 Å². The summed E-state index contributed by atoms with van der Waals surface area (Å²) >= 11 is 0. The molecule has 0 aromatic heterocycles. The van der Waals surface area contributed by atoms with Gasteiger partial charge in [0.2, 0.25) is 8.32 Å². The van der Waals surface area contributed by atoms with Gasteiger partial charge >= 0.3 is 0 Å². The Morgan fingerprint density at radius 2 is 1.46 bits per heavy atom. The molecule has 0 heterocycles. The largest absolute Gasteiger partial charge is 0.408 e. The summed E-state index contributed by atoms with van der Waals surface area (Å²) in [5.74, 6) is 0. The molecule has 1 radical (unpaired) electrons. The van der Waals surface area contributed by atoms with Crippen molar-refractivity contribution in [2.75, 3.05) is 0 Å². The lowest BCUT2D eigenvalue weighted by molar-refractivity contribution is 0.122. The van der Waals surface area contributed by atoms with Gasteiger partial charge in [-0.25, -0.2) is 0 Å². The molecule has 3 heteroatoms. The second-order valence-electron chi connectivity index (χ2n) is 7.81. The van der Waals surface area contributed by atoms with Crippen LogP contribution >= 0.6 is 0 Å². The molecule has 24 heavy (non-hydrogen) atoms. The maximum Gasteiger partial charge on any atom is 0.221 e. The Morgan fingerprint density at radius 3 is 2.00 bits per heavy atom. The van der Waals surface area contributed by atoms with E-state index in [9.17, 15) is 0 Å². The van der Waals surface area contributed by atoms with Gasteiger partial charge in [0, 0.05) is 5.60 Å². The standard InChI is InChI=1S/C21H31OSi2/c1-21(2,3)22-24(5,20-15-10-7-11-16-20)18-12-17-23(4)19-13-8-6-9-14-19/h6-11,13-16H,12,17-18H2,1-5H3. The van der Waals surface area contributed by atoms with E-state index in [0.717, 1.165) is 0 Å². The third-order valence-electron chi connectivity index (χ3n) is 4.39. The second-order valence-corrected chi connectivity index (χ2v) is 14.2. The topological polar surface area (TPSA) is 9.23 Å². The molecule has 1 nitrogen and oxygen atoms in total. The van der Waals surface area contributed by atoms with Crippen molar-refractivity contribution in [2.45, 2.75) is 58.0 Å². The van der Waals surface area contributed by atoms with Gasteiger partial charge < -0.3 is 4.43 Å². The Kier molecular flexibility index (Phi) is 6.61. The van der Waals surface area contributed by atoms with E-state index in [0.29, 0.717) is 0 Å². The van der Waals surface area contributed by atoms with E-state index in [4.69, 9.17) is 4.43 Å². The van der Waals surface area contributed by atoms with Crippen LogP contribution in [-0.2, 0) is 4.43 Å². The molecule has 2 aromatic carbocycles. The van der Waals surface area contributed by atoms with E-state index in [-0.39, 0.29) is 5.60 Å². The SMILES string of the molecule is C[Si](CCC[Si](C)(OC(C)(C)C)c1ccccc1)c1ccccc1. The van der Waals surface area contributed by atoms with Crippen LogP contribution in [0.25, 0.3) is 0 Å². The zero-order chi connectivity index (χ0) is 17.6. The smallest absolute Gasteiger partial charge is 0.221 e. The molecular weight excluding hydrogens is 324 g/mol. The van der Waals surface area contributed by atoms with Crippen LogP contribution in [0.15, 0.2) is 60.7 Å². The first-order chi connectivity index (χ1) is 11.3. The summed E-state index contributed by atoms with van der Waals surface area (Å²) in [5, 5.41) is 2.96. The van der Waals surface area contributed by atoms with E-state index in [1.807, 2.05) is 0 Å². The molecule has 0 bridgehead atoms. The molecule has 2 rings (SSSR count). The Morgan fingerprint density at radius 1 is 0.917 bits per heavy atom. The first-order valence-corrected chi connectivity index (χ1v) is 13.8. The fourth-order valence-corrected chi connectivity index (χ4v) is 9.00. The zero-order valence-corrected chi connectivity index (χ0v) is 17.8. The van der Waals surface area contributed by atoms with E-state index in [1.54, 1.807) is 5.19 Å². The van der Waals surface area contributed by atoms with Gasteiger partial charge in [-0.2, -0.15) is 0 Å². The molecule has 0 aliphatic carbocycles. The lowest BCUT2D eigenvalue weighted by atomic mass is 10.2. The van der Waals surface area contributed by atoms with Crippen molar-refractivity contribution in [3.05, 3.63) is 60.7 Å². The lowest BCUT2D eigenvalue weighted by Gasteiger charge is -2.36. The molecular formula is C21H31OSi2. The minimum Gasteiger partial charge on any atom is -0.408 e. The van der Waals surface area contributed by atoms with Crippen molar-refractivity contribution in [2.24, 2.45) is 0 Å². The van der Waals surface area contributed by atoms with Crippen LogP contribution in [-0.4, -0.2) is 22.7 Å². The van der Waals surface area contributed by atoms with Crippen LogP contribution in [0.3, 0.4) is 0 Å². The normalized spacial score (nSPS) is 14.6. The zero-order valence-electron chi connectivity index (χ0n) is 15.8. The lowest BCUT2D eigenvalue weighted by Crippen LogP contribution is -2.52. The van der Waals surface area contributed by atoms with Crippen molar-refractivity contribution in [1.82, 2.24) is 0 Å². The van der Waals surface area contributed by atoms with E-state index in [2.05, 4.69) is 94.5 Å². The highest BCUT2D eigenvalue weighted by atomic mass is 28.4. The van der Waals surface area contributed by atoms with Crippen LogP contribution in [0.5, 0.6) is 0 Å². The third kappa shape index (κ3) is 5.73. The van der Waals surface area contributed by atoms with Crippen molar-refractivity contribution in [1.29, 1.82) is 0 Å². The van der Waals surface area contributed by atoms with Crippen molar-refractivity contribution < 1.29 is 4.43 Å². The molecule has 0 saturated heterocycles. The van der Waals surface area contributed by atoms with Crippen molar-refractivity contribution in [3.63, 3.8) is 0 Å². The van der Waals surface area contributed by atoms with E-state index in [1.165, 1.54) is 23.7 Å². The minimum atomic E-state index is -1.91. The summed E-state index contributed by atoms with van der Waals surface area (Å²) in [7, 11) is -2.36. The molecule has 1 atom stereocenters. The van der Waals surface area contributed by atoms with Gasteiger partial charge in [-0.05, 0) is 38.5 Å². The van der Waals surface area contributed by atoms with Crippen LogP contribution < -0.4 is 10.4 Å². The molecule has 129 valence electrons. The predicted molar refractivity (Wildman–Crippen MR) is 110 cm³/mol. The van der Waals surface area contributed by atoms with Crippen LogP contribution in [0, 0.1) is 0 Å². The first kappa shape index (κ1) is 19.2. The highest BCUT2D eigenvalue weighted by Gasteiger charge is 2.35. The number of hydrogen-bond donors (Lipinski definition) is 0. The fourth-order valence-electron chi connectivity index (χ4n) is 3.28. The summed E-state index contributed by atoms with van der Waals surface area (Å²) in [6.07, 6.45) is 1.26. The van der Waals surface area contributed by atoms with Crippen LogP contribution in [0.1, 0.15) is 27.2 Å². The van der Waals surface area contributed by atoms with Gasteiger partial charge in [0.05, 0.1) is 8.80 Å². The highest BCUT2D eigenvalue weighted by molar-refractivity contribution is 6.85. The Hall–Kier alpha value is -1.17. The van der Waals surface area contributed by atoms with Crippen molar-refractivity contribution in [3.8, 4) is 0 Å². The molecule has 0 amide bonds. The number of hydrogen-bond acceptors (Lipinski definition) is 1. The van der Waals surface area contributed by atoms with Gasteiger partial charge in [-0.15, -0.1) is 0 Å². The molecule has 0 aliphatic rings. The van der Waals surface area contributed by atoms with Gasteiger partial charge in [0.15, 0.2) is 0 Å². The van der Waals surface area contributed by atoms with Crippen molar-refractivity contribution >= 4 is 27.5 Å². The molecule has 1 unspecified atom stereocenters. The Labute approximate surface area is 150 Å². The third-order valence-corrected chi connectivity index (χ3v) is 10.7. The fraction of sp³-hybridized carbons (Fsp3) is 0.429. The first-order valence-electron chi connectivity index (χ1n) is 8.94. The summed E-state index contributed by atoms with van der Waals surface area (Å²) < 4.78 is 6.65. The summed E-state index contributed by atoms with van der Waals surface area (Å²) in [4.78, 5) is 0. The monoisotopic (exact) mass is 355 g/mol. The molecule has 0 N–H and O–H groups in total. The quantitative estimate of drug-likeness (QED) is 0.654. The molecule has 0 spiro atoms. The van der Waals surface area contributed by atoms with E-state index >= 15 is 0 Å². The average Bonchev–Trinajstić information content (AvgIpc) is 2.55. The van der Waals surface area contributed by atoms with Crippen LogP contribution in [0.2, 0.25) is 25.2 Å². The summed E-state index contributed by atoms with van der Waals surface area (Å²) in [6.45, 7) is 11.4. The summed E-state index contributed by atoms with van der Waals surface area (Å²) in [6, 6.07) is 24.4. The Balaban J connectivity index is 2.04. The van der Waals surface area contributed by atoms with Crippen LogP contribution in [0.4, 0.5) is 0 Å². The number of rotatable bonds is 7.